The Kier molecular flexibility index (Phi) is 6.14. The van der Waals surface area contributed by atoms with Crippen LogP contribution in [0.15, 0.2) is 32.8 Å². The van der Waals surface area contributed by atoms with Crippen molar-refractivity contribution in [1.82, 2.24) is 24.3 Å². The Morgan fingerprint density at radius 1 is 1.18 bits per heavy atom. The average Bonchev–Trinajstić information content (AvgIpc) is 3.13. The van der Waals surface area contributed by atoms with Gasteiger partial charge >= 0.3 is 0 Å². The van der Waals surface area contributed by atoms with Crippen LogP contribution in [-0.2, 0) is 15.4 Å². The summed E-state index contributed by atoms with van der Waals surface area (Å²) < 4.78 is 32.4. The number of piperazine rings is 1. The van der Waals surface area contributed by atoms with E-state index in [1.165, 1.54) is 22.3 Å². The van der Waals surface area contributed by atoms with Gasteiger partial charge in [0.25, 0.3) is 0 Å². The minimum Gasteiger partial charge on any atom is -0.338 e. The quantitative estimate of drug-likeness (QED) is 0.675. The van der Waals surface area contributed by atoms with Gasteiger partial charge in [-0.25, -0.2) is 13.4 Å². The molecular weight excluding hydrogens is 398 g/mol. The lowest BCUT2D eigenvalue weighted by Gasteiger charge is -2.31. The standard InChI is InChI=1S/C18H27N5O3S2/c1-13(16-20-17(21-26-16)18(2,3)4)27-15-7-6-14(12-19-15)28(24,25)23-10-8-22(5)9-11-23/h6-7,12-13H,8-11H2,1-5H3. The predicted octanol–water partition coefficient (Wildman–Crippen LogP) is 2.55. The van der Waals surface area contributed by atoms with Gasteiger partial charge < -0.3 is 9.42 Å². The Hall–Kier alpha value is -1.49. The van der Waals surface area contributed by atoms with E-state index in [4.69, 9.17) is 4.52 Å². The summed E-state index contributed by atoms with van der Waals surface area (Å²) in [6.07, 6.45) is 1.43. The molecule has 2 aromatic heterocycles. The molecule has 8 nitrogen and oxygen atoms in total. The summed E-state index contributed by atoms with van der Waals surface area (Å²) >= 11 is 1.45. The first kappa shape index (κ1) is 21.2. The zero-order valence-electron chi connectivity index (χ0n) is 16.9. The maximum atomic E-state index is 12.8. The van der Waals surface area contributed by atoms with E-state index in [9.17, 15) is 8.42 Å². The van der Waals surface area contributed by atoms with Crippen LogP contribution in [-0.4, -0.2) is 66.0 Å². The molecule has 0 aromatic carbocycles. The van der Waals surface area contributed by atoms with Crippen LogP contribution < -0.4 is 0 Å². The summed E-state index contributed by atoms with van der Waals surface area (Å²) in [7, 11) is -1.51. The number of hydrogen-bond donors (Lipinski definition) is 0. The van der Waals surface area contributed by atoms with E-state index in [0.717, 1.165) is 13.1 Å². The highest BCUT2D eigenvalue weighted by Crippen LogP contribution is 2.34. The maximum Gasteiger partial charge on any atom is 0.244 e. The van der Waals surface area contributed by atoms with Gasteiger partial charge in [-0.2, -0.15) is 9.29 Å². The van der Waals surface area contributed by atoms with E-state index in [2.05, 4.69) is 20.0 Å². The Balaban J connectivity index is 1.68. The summed E-state index contributed by atoms with van der Waals surface area (Å²) in [5.74, 6) is 1.20. The number of thioether (sulfide) groups is 1. The van der Waals surface area contributed by atoms with Gasteiger partial charge in [-0.15, -0.1) is 0 Å². The monoisotopic (exact) mass is 425 g/mol. The third-order valence-corrected chi connectivity index (χ3v) is 7.49. The molecule has 3 heterocycles. The Labute approximate surface area is 170 Å². The smallest absolute Gasteiger partial charge is 0.244 e. The molecule has 28 heavy (non-hydrogen) atoms. The van der Waals surface area contributed by atoms with E-state index < -0.39 is 10.0 Å². The number of sulfonamides is 1. The third-order valence-electron chi connectivity index (χ3n) is 4.57. The molecule has 1 aliphatic heterocycles. The molecule has 1 saturated heterocycles. The second-order valence-electron chi connectivity index (χ2n) is 8.01. The van der Waals surface area contributed by atoms with Crippen molar-refractivity contribution in [2.24, 2.45) is 0 Å². The Bertz CT molecular complexity index is 898. The highest BCUT2D eigenvalue weighted by atomic mass is 32.2. The first-order valence-corrected chi connectivity index (χ1v) is 11.5. The van der Waals surface area contributed by atoms with E-state index in [1.54, 1.807) is 12.1 Å². The lowest BCUT2D eigenvalue weighted by molar-refractivity contribution is 0.222. The lowest BCUT2D eigenvalue weighted by atomic mass is 9.96. The van der Waals surface area contributed by atoms with Crippen molar-refractivity contribution < 1.29 is 12.9 Å². The van der Waals surface area contributed by atoms with E-state index >= 15 is 0 Å². The topological polar surface area (TPSA) is 92.4 Å². The number of likely N-dealkylation sites (N-methyl/N-ethyl adjacent to an activating group) is 1. The molecular formula is C18H27N5O3S2. The first-order valence-electron chi connectivity index (χ1n) is 9.23. The van der Waals surface area contributed by atoms with Gasteiger partial charge in [-0.1, -0.05) is 37.7 Å². The summed E-state index contributed by atoms with van der Waals surface area (Å²) in [6, 6.07) is 3.34. The van der Waals surface area contributed by atoms with Gasteiger partial charge in [-0.05, 0) is 26.1 Å². The summed E-state index contributed by atoms with van der Waals surface area (Å²) in [4.78, 5) is 11.1. The van der Waals surface area contributed by atoms with Gasteiger partial charge in [0.2, 0.25) is 15.9 Å². The highest BCUT2D eigenvalue weighted by molar-refractivity contribution is 7.99. The van der Waals surface area contributed by atoms with Crippen molar-refractivity contribution in [2.45, 2.75) is 48.3 Å². The zero-order chi connectivity index (χ0) is 20.5. The fraction of sp³-hybridized carbons (Fsp3) is 0.611. The lowest BCUT2D eigenvalue weighted by Crippen LogP contribution is -2.47. The minimum absolute atomic E-state index is 0.0869. The molecule has 0 spiro atoms. The van der Waals surface area contributed by atoms with Crippen LogP contribution in [0, 0.1) is 0 Å². The molecule has 1 aliphatic rings. The number of pyridine rings is 1. The maximum absolute atomic E-state index is 12.8. The predicted molar refractivity (Wildman–Crippen MR) is 108 cm³/mol. The second-order valence-corrected chi connectivity index (χ2v) is 11.3. The fourth-order valence-corrected chi connectivity index (χ4v) is 4.89. The number of hydrogen-bond acceptors (Lipinski definition) is 8. The van der Waals surface area contributed by atoms with Crippen molar-refractivity contribution in [3.63, 3.8) is 0 Å². The molecule has 10 heteroatoms. The molecule has 1 atom stereocenters. The summed E-state index contributed by atoms with van der Waals surface area (Å²) in [5, 5.41) is 4.67. The van der Waals surface area contributed by atoms with Crippen molar-refractivity contribution in [1.29, 1.82) is 0 Å². The normalized spacial score (nSPS) is 18.3. The molecule has 0 saturated carbocycles. The number of rotatable bonds is 5. The van der Waals surface area contributed by atoms with E-state index in [0.29, 0.717) is 29.8 Å². The van der Waals surface area contributed by atoms with Gasteiger partial charge in [0.1, 0.15) is 4.90 Å². The van der Waals surface area contributed by atoms with E-state index in [1.807, 2.05) is 34.7 Å². The molecule has 2 aromatic rings. The zero-order valence-corrected chi connectivity index (χ0v) is 18.5. The summed E-state index contributed by atoms with van der Waals surface area (Å²) in [5.41, 5.74) is -0.177. The van der Waals surface area contributed by atoms with Gasteiger partial charge in [0.05, 0.1) is 10.3 Å². The average molecular weight is 426 g/mol. The van der Waals surface area contributed by atoms with Crippen LogP contribution in [0.3, 0.4) is 0 Å². The second kappa shape index (κ2) is 8.10. The van der Waals surface area contributed by atoms with Crippen LogP contribution >= 0.6 is 11.8 Å². The molecule has 0 amide bonds. The van der Waals surface area contributed by atoms with Gasteiger partial charge in [0, 0.05) is 37.8 Å². The molecule has 0 aliphatic carbocycles. The Morgan fingerprint density at radius 3 is 2.39 bits per heavy atom. The molecule has 154 valence electrons. The number of nitrogens with zero attached hydrogens (tertiary/aromatic N) is 5. The van der Waals surface area contributed by atoms with Gasteiger partial charge in [-0.3, -0.25) is 0 Å². The van der Waals surface area contributed by atoms with Crippen LogP contribution in [0.1, 0.15) is 44.7 Å². The van der Waals surface area contributed by atoms with Crippen LogP contribution in [0.5, 0.6) is 0 Å². The van der Waals surface area contributed by atoms with Crippen LogP contribution in [0.25, 0.3) is 0 Å². The number of aromatic nitrogens is 3. The van der Waals surface area contributed by atoms with Crippen molar-refractivity contribution >= 4 is 21.8 Å². The molecule has 3 rings (SSSR count). The highest BCUT2D eigenvalue weighted by Gasteiger charge is 2.28. The molecule has 0 bridgehead atoms. The largest absolute Gasteiger partial charge is 0.338 e. The fourth-order valence-electron chi connectivity index (χ4n) is 2.70. The molecule has 1 fully saturated rings. The van der Waals surface area contributed by atoms with Crippen molar-refractivity contribution in [3.8, 4) is 0 Å². The van der Waals surface area contributed by atoms with E-state index in [-0.39, 0.29) is 15.6 Å². The summed E-state index contributed by atoms with van der Waals surface area (Å²) in [6.45, 7) is 10.5. The molecule has 0 radical (unpaired) electrons. The van der Waals surface area contributed by atoms with Crippen molar-refractivity contribution in [3.05, 3.63) is 30.0 Å². The molecule has 0 N–H and O–H groups in total. The molecule has 1 unspecified atom stereocenters. The van der Waals surface area contributed by atoms with Gasteiger partial charge in [0.15, 0.2) is 5.82 Å². The van der Waals surface area contributed by atoms with Crippen LogP contribution in [0.2, 0.25) is 0 Å². The third kappa shape index (κ3) is 4.73. The van der Waals surface area contributed by atoms with Crippen LogP contribution in [0.4, 0.5) is 0 Å². The van der Waals surface area contributed by atoms with Crippen molar-refractivity contribution in [2.75, 3.05) is 33.2 Å². The first-order chi connectivity index (χ1) is 13.1. The SMILES string of the molecule is CC(Sc1ccc(S(=O)(=O)N2CCN(C)CC2)cn1)c1nc(C(C)(C)C)no1. The minimum atomic E-state index is -3.50. The Morgan fingerprint density at radius 2 is 1.86 bits per heavy atom.